The fourth-order valence-electron chi connectivity index (χ4n) is 1.58. The first-order chi connectivity index (χ1) is 7.08. The van der Waals surface area contributed by atoms with Crippen LogP contribution in [-0.4, -0.2) is 47.0 Å². The van der Waals surface area contributed by atoms with Gasteiger partial charge in [0.2, 0.25) is 10.0 Å². The van der Waals surface area contributed by atoms with E-state index in [1.54, 1.807) is 0 Å². The minimum absolute atomic E-state index is 0.403. The summed E-state index contributed by atoms with van der Waals surface area (Å²) in [7, 11) is -3.04. The van der Waals surface area contributed by atoms with Gasteiger partial charge in [-0.1, -0.05) is 0 Å². The van der Waals surface area contributed by atoms with Gasteiger partial charge in [-0.15, -0.1) is 0 Å². The largest absolute Gasteiger partial charge is 0.378 e. The Morgan fingerprint density at radius 2 is 2.13 bits per heavy atom. The molecular weight excluding hydrogens is 216 g/mol. The SMILES string of the molecule is CS(=O)(=O)NCCNCCC1CCCO1. The third-order valence-electron chi connectivity index (χ3n) is 2.33. The Morgan fingerprint density at radius 3 is 2.73 bits per heavy atom. The average Bonchev–Trinajstić information content (AvgIpc) is 2.61. The maximum Gasteiger partial charge on any atom is 0.208 e. The number of sulfonamides is 1. The van der Waals surface area contributed by atoms with Gasteiger partial charge in [0.05, 0.1) is 12.4 Å². The maximum absolute atomic E-state index is 10.7. The van der Waals surface area contributed by atoms with Crippen molar-refractivity contribution in [1.82, 2.24) is 10.0 Å². The Labute approximate surface area is 91.6 Å². The Hall–Kier alpha value is -0.170. The molecule has 0 amide bonds. The van der Waals surface area contributed by atoms with Crippen LogP contribution in [0.5, 0.6) is 0 Å². The van der Waals surface area contributed by atoms with Gasteiger partial charge >= 0.3 is 0 Å². The summed E-state index contributed by atoms with van der Waals surface area (Å²) in [4.78, 5) is 0. The molecule has 15 heavy (non-hydrogen) atoms. The summed E-state index contributed by atoms with van der Waals surface area (Å²) >= 11 is 0. The monoisotopic (exact) mass is 236 g/mol. The molecule has 1 aliphatic heterocycles. The van der Waals surface area contributed by atoms with Crippen molar-refractivity contribution in [2.45, 2.75) is 25.4 Å². The van der Waals surface area contributed by atoms with Crippen LogP contribution in [0.15, 0.2) is 0 Å². The Bertz CT molecular complexity index is 261. The molecule has 1 saturated heterocycles. The summed E-state index contributed by atoms with van der Waals surface area (Å²) < 4.78 is 29.3. The molecule has 0 aromatic heterocycles. The van der Waals surface area contributed by atoms with E-state index >= 15 is 0 Å². The predicted molar refractivity (Wildman–Crippen MR) is 59.3 cm³/mol. The van der Waals surface area contributed by atoms with E-state index in [1.165, 1.54) is 12.7 Å². The Balaban J connectivity index is 1.89. The van der Waals surface area contributed by atoms with Crippen molar-refractivity contribution in [3.05, 3.63) is 0 Å². The lowest BCUT2D eigenvalue weighted by Gasteiger charge is -2.09. The van der Waals surface area contributed by atoms with E-state index in [0.29, 0.717) is 19.2 Å². The lowest BCUT2D eigenvalue weighted by molar-refractivity contribution is 0.104. The third kappa shape index (κ3) is 6.83. The van der Waals surface area contributed by atoms with Crippen LogP contribution in [0.25, 0.3) is 0 Å². The first-order valence-corrected chi connectivity index (χ1v) is 7.24. The van der Waals surface area contributed by atoms with E-state index in [2.05, 4.69) is 10.0 Å². The standard InChI is InChI=1S/C9H20N2O3S/c1-15(12,13)11-7-6-10-5-4-9-3-2-8-14-9/h9-11H,2-8H2,1H3. The van der Waals surface area contributed by atoms with E-state index < -0.39 is 10.0 Å². The molecular formula is C9H20N2O3S. The number of nitrogens with one attached hydrogen (secondary N) is 2. The van der Waals surface area contributed by atoms with Crippen molar-refractivity contribution in [1.29, 1.82) is 0 Å². The predicted octanol–water partition coefficient (Wildman–Crippen LogP) is -0.306. The number of rotatable bonds is 7. The van der Waals surface area contributed by atoms with Crippen molar-refractivity contribution < 1.29 is 13.2 Å². The van der Waals surface area contributed by atoms with Gasteiger partial charge in [-0.05, 0) is 25.8 Å². The third-order valence-corrected chi connectivity index (χ3v) is 3.06. The van der Waals surface area contributed by atoms with Crippen molar-refractivity contribution >= 4 is 10.0 Å². The molecule has 0 bridgehead atoms. The fourth-order valence-corrected chi connectivity index (χ4v) is 2.06. The molecule has 1 rings (SSSR count). The minimum Gasteiger partial charge on any atom is -0.378 e. The molecule has 0 aliphatic carbocycles. The topological polar surface area (TPSA) is 67.4 Å². The molecule has 6 heteroatoms. The van der Waals surface area contributed by atoms with Crippen LogP contribution in [0.2, 0.25) is 0 Å². The fraction of sp³-hybridized carbons (Fsp3) is 1.00. The van der Waals surface area contributed by atoms with Gasteiger partial charge in [-0.3, -0.25) is 0 Å². The van der Waals surface area contributed by atoms with Crippen molar-refractivity contribution in [3.8, 4) is 0 Å². The molecule has 5 nitrogen and oxygen atoms in total. The van der Waals surface area contributed by atoms with Crippen molar-refractivity contribution in [3.63, 3.8) is 0 Å². The molecule has 0 spiro atoms. The molecule has 90 valence electrons. The van der Waals surface area contributed by atoms with Gasteiger partial charge in [0, 0.05) is 19.7 Å². The van der Waals surface area contributed by atoms with Crippen LogP contribution in [0, 0.1) is 0 Å². The van der Waals surface area contributed by atoms with E-state index in [0.717, 1.165) is 26.0 Å². The summed E-state index contributed by atoms with van der Waals surface area (Å²) in [5.41, 5.74) is 0. The van der Waals surface area contributed by atoms with E-state index in [4.69, 9.17) is 4.74 Å². The highest BCUT2D eigenvalue weighted by molar-refractivity contribution is 7.88. The molecule has 2 N–H and O–H groups in total. The van der Waals surface area contributed by atoms with Crippen LogP contribution in [0.1, 0.15) is 19.3 Å². The molecule has 0 aromatic carbocycles. The Kier molecular flexibility index (Phi) is 5.52. The van der Waals surface area contributed by atoms with Gasteiger partial charge in [0.1, 0.15) is 0 Å². The minimum atomic E-state index is -3.04. The second kappa shape index (κ2) is 6.42. The highest BCUT2D eigenvalue weighted by atomic mass is 32.2. The second-order valence-corrected chi connectivity index (χ2v) is 5.67. The lowest BCUT2D eigenvalue weighted by atomic mass is 10.2. The average molecular weight is 236 g/mol. The summed E-state index contributed by atoms with van der Waals surface area (Å²) in [6.45, 7) is 2.89. The highest BCUT2D eigenvalue weighted by Crippen LogP contribution is 2.14. The van der Waals surface area contributed by atoms with Crippen molar-refractivity contribution in [2.75, 3.05) is 32.5 Å². The van der Waals surface area contributed by atoms with Crippen LogP contribution < -0.4 is 10.0 Å². The maximum atomic E-state index is 10.7. The Morgan fingerprint density at radius 1 is 1.33 bits per heavy atom. The van der Waals surface area contributed by atoms with Crippen LogP contribution in [0.4, 0.5) is 0 Å². The lowest BCUT2D eigenvalue weighted by Crippen LogP contribution is -2.32. The molecule has 1 fully saturated rings. The molecule has 1 atom stereocenters. The first-order valence-electron chi connectivity index (χ1n) is 5.35. The van der Waals surface area contributed by atoms with E-state index in [1.807, 2.05) is 0 Å². The molecule has 0 aromatic rings. The molecule has 1 heterocycles. The smallest absolute Gasteiger partial charge is 0.208 e. The number of hydrogen-bond donors (Lipinski definition) is 2. The van der Waals surface area contributed by atoms with Gasteiger partial charge in [0.25, 0.3) is 0 Å². The zero-order chi connectivity index (χ0) is 11.1. The van der Waals surface area contributed by atoms with Crippen LogP contribution in [-0.2, 0) is 14.8 Å². The molecule has 0 saturated carbocycles. The summed E-state index contributed by atoms with van der Waals surface area (Å²) in [5, 5.41) is 3.18. The number of ether oxygens (including phenoxy) is 1. The quantitative estimate of drug-likeness (QED) is 0.595. The summed E-state index contributed by atoms with van der Waals surface area (Å²) in [6, 6.07) is 0. The zero-order valence-electron chi connectivity index (χ0n) is 9.16. The normalized spacial score (nSPS) is 22.1. The summed E-state index contributed by atoms with van der Waals surface area (Å²) in [6.07, 6.45) is 4.90. The van der Waals surface area contributed by atoms with Gasteiger partial charge < -0.3 is 10.1 Å². The molecule has 1 aliphatic rings. The first kappa shape index (κ1) is 12.9. The second-order valence-electron chi connectivity index (χ2n) is 3.84. The van der Waals surface area contributed by atoms with Crippen LogP contribution >= 0.6 is 0 Å². The van der Waals surface area contributed by atoms with Crippen LogP contribution in [0.3, 0.4) is 0 Å². The van der Waals surface area contributed by atoms with Gasteiger partial charge in [-0.25, -0.2) is 13.1 Å². The molecule has 0 radical (unpaired) electrons. The molecule has 1 unspecified atom stereocenters. The van der Waals surface area contributed by atoms with E-state index in [9.17, 15) is 8.42 Å². The highest BCUT2D eigenvalue weighted by Gasteiger charge is 2.14. The van der Waals surface area contributed by atoms with Gasteiger partial charge in [-0.2, -0.15) is 0 Å². The zero-order valence-corrected chi connectivity index (χ0v) is 9.98. The summed E-state index contributed by atoms with van der Waals surface area (Å²) in [5.74, 6) is 0. The number of hydrogen-bond acceptors (Lipinski definition) is 4. The van der Waals surface area contributed by atoms with Gasteiger partial charge in [0.15, 0.2) is 0 Å². The van der Waals surface area contributed by atoms with E-state index in [-0.39, 0.29) is 0 Å². The van der Waals surface area contributed by atoms with Crippen molar-refractivity contribution in [2.24, 2.45) is 0 Å².